The molecule has 10 nitrogen and oxygen atoms in total. The average Bonchev–Trinajstić information content (AvgIpc) is 3.55. The quantitative estimate of drug-likeness (QED) is 0.484. The maximum atomic E-state index is 13.0. The summed E-state index contributed by atoms with van der Waals surface area (Å²) >= 11 is 0. The number of hydrogen-bond acceptors (Lipinski definition) is 9. The first-order chi connectivity index (χ1) is 16.1. The number of carbonyl (C=O) groups excluding carboxylic acids is 1. The number of pyridine rings is 2. The summed E-state index contributed by atoms with van der Waals surface area (Å²) in [5.41, 5.74) is 0.678. The molecule has 0 aromatic carbocycles. The van der Waals surface area contributed by atoms with Gasteiger partial charge in [0.1, 0.15) is 23.3 Å². The van der Waals surface area contributed by atoms with Gasteiger partial charge >= 0.3 is 5.97 Å². The molecule has 2 aliphatic rings. The highest BCUT2D eigenvalue weighted by Gasteiger charge is 2.24. The summed E-state index contributed by atoms with van der Waals surface area (Å²) in [6.07, 6.45) is 8.80. The Kier molecular flexibility index (Phi) is 6.01. The van der Waals surface area contributed by atoms with Gasteiger partial charge in [-0.1, -0.05) is 12.8 Å². The number of nitrogens with zero attached hydrogens (tertiary/aromatic N) is 4. The molecule has 172 valence electrons. The van der Waals surface area contributed by atoms with Crippen LogP contribution in [0.2, 0.25) is 0 Å². The van der Waals surface area contributed by atoms with Crippen LogP contribution in [0.5, 0.6) is 5.75 Å². The maximum Gasteiger partial charge on any atom is 0.328 e. The molecule has 3 aromatic heterocycles. The zero-order chi connectivity index (χ0) is 22.8. The molecule has 3 N–H and O–H groups in total. The second-order valence-corrected chi connectivity index (χ2v) is 8.49. The van der Waals surface area contributed by atoms with E-state index in [0.717, 1.165) is 45.1 Å². The number of aliphatic hydroxyl groups excluding tert-OH is 1. The van der Waals surface area contributed by atoms with Gasteiger partial charge in [-0.3, -0.25) is 9.36 Å². The Morgan fingerprint density at radius 2 is 2.03 bits per heavy atom. The van der Waals surface area contributed by atoms with E-state index in [1.807, 2.05) is 0 Å². The van der Waals surface area contributed by atoms with Gasteiger partial charge in [-0.2, -0.15) is 4.98 Å². The van der Waals surface area contributed by atoms with E-state index in [0.29, 0.717) is 34.1 Å². The van der Waals surface area contributed by atoms with Gasteiger partial charge in [-0.25, -0.2) is 14.8 Å². The number of nitrogens with one attached hydrogen (secondary N) is 2. The van der Waals surface area contributed by atoms with Crippen molar-refractivity contribution in [1.29, 1.82) is 0 Å². The summed E-state index contributed by atoms with van der Waals surface area (Å²) in [6.45, 7) is 0.502. The second kappa shape index (κ2) is 9.24. The first kappa shape index (κ1) is 21.5. The number of aliphatic hydroxyl groups is 1. The average molecular weight is 450 g/mol. The summed E-state index contributed by atoms with van der Waals surface area (Å²) in [5, 5.41) is 16.5. The van der Waals surface area contributed by atoms with Crippen molar-refractivity contribution in [3.05, 3.63) is 46.5 Å². The molecular weight excluding hydrogens is 424 g/mol. The van der Waals surface area contributed by atoms with Crippen molar-refractivity contribution in [2.75, 3.05) is 11.9 Å². The van der Waals surface area contributed by atoms with Crippen LogP contribution in [-0.4, -0.2) is 43.2 Å². The van der Waals surface area contributed by atoms with Crippen LogP contribution in [0.1, 0.15) is 50.1 Å². The summed E-state index contributed by atoms with van der Waals surface area (Å²) in [4.78, 5) is 38.3. The van der Waals surface area contributed by atoms with E-state index in [-0.39, 0.29) is 30.2 Å². The van der Waals surface area contributed by atoms with E-state index in [2.05, 4.69) is 25.6 Å². The van der Waals surface area contributed by atoms with E-state index >= 15 is 0 Å². The molecule has 1 aliphatic carbocycles. The molecule has 1 saturated heterocycles. The smallest absolute Gasteiger partial charge is 0.328 e. The summed E-state index contributed by atoms with van der Waals surface area (Å²) < 4.78 is 7.09. The Balaban J connectivity index is 1.38. The van der Waals surface area contributed by atoms with Crippen LogP contribution in [0.3, 0.4) is 0 Å². The lowest BCUT2D eigenvalue weighted by atomic mass is 10.2. The summed E-state index contributed by atoms with van der Waals surface area (Å²) in [6, 6.07) is 4.78. The molecule has 0 bridgehead atoms. The van der Waals surface area contributed by atoms with Crippen LogP contribution in [0.15, 0.2) is 35.4 Å². The first-order valence-corrected chi connectivity index (χ1v) is 11.3. The van der Waals surface area contributed by atoms with Crippen molar-refractivity contribution in [1.82, 2.24) is 24.8 Å². The van der Waals surface area contributed by atoms with Gasteiger partial charge in [0.05, 0.1) is 12.8 Å². The largest absolute Gasteiger partial charge is 0.424 e. The topological polar surface area (TPSA) is 131 Å². The van der Waals surface area contributed by atoms with Crippen molar-refractivity contribution < 1.29 is 14.6 Å². The van der Waals surface area contributed by atoms with E-state index in [1.165, 1.54) is 6.20 Å². The van der Waals surface area contributed by atoms with Crippen LogP contribution in [0.25, 0.3) is 11.0 Å². The molecule has 1 atom stereocenters. The molecule has 5 rings (SSSR count). The molecule has 1 saturated carbocycles. The molecular formula is C23H26N6O4. The Morgan fingerprint density at radius 3 is 2.73 bits per heavy atom. The molecule has 0 radical (unpaired) electrons. The number of rotatable bonds is 6. The minimum absolute atomic E-state index is 0.0655. The SMILES string of the molecule is O=C(Oc1ccc(Nc2ncc3cc(CO)c(=O)n(C4CCCC4)c3n2)nc1)[C@@H]1CCCN1. The van der Waals surface area contributed by atoms with Gasteiger partial charge in [0.2, 0.25) is 5.95 Å². The fraction of sp³-hybridized carbons (Fsp3) is 0.435. The molecule has 10 heteroatoms. The van der Waals surface area contributed by atoms with Crippen molar-refractivity contribution in [3.8, 4) is 5.75 Å². The number of anilines is 2. The van der Waals surface area contributed by atoms with Gasteiger partial charge < -0.3 is 20.5 Å². The zero-order valence-electron chi connectivity index (χ0n) is 18.2. The number of ether oxygens (including phenoxy) is 1. The van der Waals surface area contributed by atoms with Gasteiger partial charge in [0.15, 0.2) is 0 Å². The highest BCUT2D eigenvalue weighted by atomic mass is 16.5. The zero-order valence-corrected chi connectivity index (χ0v) is 18.2. The monoisotopic (exact) mass is 450 g/mol. The van der Waals surface area contributed by atoms with Crippen LogP contribution in [-0.2, 0) is 11.4 Å². The third kappa shape index (κ3) is 4.44. The van der Waals surface area contributed by atoms with Gasteiger partial charge in [-0.15, -0.1) is 0 Å². The number of fused-ring (bicyclic) bond motifs is 1. The van der Waals surface area contributed by atoms with Crippen molar-refractivity contribution in [3.63, 3.8) is 0 Å². The Hall–Kier alpha value is -3.37. The molecule has 0 unspecified atom stereocenters. The van der Waals surface area contributed by atoms with Crippen LogP contribution in [0, 0.1) is 0 Å². The lowest BCUT2D eigenvalue weighted by Crippen LogP contribution is -2.34. The molecule has 2 fully saturated rings. The third-order valence-electron chi connectivity index (χ3n) is 6.25. The van der Waals surface area contributed by atoms with Crippen LogP contribution >= 0.6 is 0 Å². The van der Waals surface area contributed by atoms with E-state index in [1.54, 1.807) is 29.0 Å². The third-order valence-corrected chi connectivity index (χ3v) is 6.25. The predicted octanol–water partition coefficient (Wildman–Crippen LogP) is 2.19. The molecule has 0 spiro atoms. The summed E-state index contributed by atoms with van der Waals surface area (Å²) in [5.74, 6) is 0.845. The van der Waals surface area contributed by atoms with Crippen molar-refractivity contribution >= 4 is 28.8 Å². The molecule has 3 aromatic rings. The fourth-order valence-corrected chi connectivity index (χ4v) is 4.55. The van der Waals surface area contributed by atoms with Gasteiger partial charge in [0.25, 0.3) is 5.56 Å². The number of aromatic nitrogens is 4. The Labute approximate surface area is 190 Å². The van der Waals surface area contributed by atoms with E-state index in [4.69, 9.17) is 4.74 Å². The van der Waals surface area contributed by atoms with Crippen LogP contribution < -0.4 is 20.9 Å². The first-order valence-electron chi connectivity index (χ1n) is 11.3. The van der Waals surface area contributed by atoms with Crippen LogP contribution in [0.4, 0.5) is 11.8 Å². The molecule has 4 heterocycles. The minimum atomic E-state index is -0.320. The van der Waals surface area contributed by atoms with E-state index in [9.17, 15) is 14.7 Å². The fourth-order valence-electron chi connectivity index (χ4n) is 4.55. The molecule has 1 aliphatic heterocycles. The predicted molar refractivity (Wildman–Crippen MR) is 121 cm³/mol. The highest BCUT2D eigenvalue weighted by molar-refractivity contribution is 5.78. The van der Waals surface area contributed by atoms with Gasteiger partial charge in [0, 0.05) is 23.2 Å². The number of esters is 1. The standard InChI is InChI=1S/C23H26N6O4/c30-13-15-10-14-11-26-23(28-20(14)29(21(15)31)16-4-1-2-5-16)27-19-8-7-17(12-25-19)33-22(32)18-6-3-9-24-18/h7-8,10-12,16,18,24,30H,1-6,9,13H2,(H,25,26,27,28)/t18-/m0/s1. The van der Waals surface area contributed by atoms with Crippen molar-refractivity contribution in [2.24, 2.45) is 0 Å². The van der Waals surface area contributed by atoms with Crippen molar-refractivity contribution in [2.45, 2.75) is 57.2 Å². The normalized spacial score (nSPS) is 18.6. The van der Waals surface area contributed by atoms with Gasteiger partial charge in [-0.05, 0) is 50.4 Å². The Bertz CT molecular complexity index is 1210. The lowest BCUT2D eigenvalue weighted by molar-refractivity contribution is -0.136. The minimum Gasteiger partial charge on any atom is -0.424 e. The van der Waals surface area contributed by atoms with E-state index < -0.39 is 0 Å². The molecule has 33 heavy (non-hydrogen) atoms. The summed E-state index contributed by atoms with van der Waals surface area (Å²) in [7, 11) is 0. The lowest BCUT2D eigenvalue weighted by Gasteiger charge is -2.17. The second-order valence-electron chi connectivity index (χ2n) is 8.49. The maximum absolute atomic E-state index is 13.0. The number of hydrogen-bond donors (Lipinski definition) is 3. The Morgan fingerprint density at radius 1 is 1.18 bits per heavy atom. The molecule has 0 amide bonds. The highest BCUT2D eigenvalue weighted by Crippen LogP contribution is 2.31. The number of carbonyl (C=O) groups is 1.